The lowest BCUT2D eigenvalue weighted by atomic mass is 9.74. The van der Waals surface area contributed by atoms with Crippen molar-refractivity contribution in [2.45, 2.75) is 19.3 Å². The summed E-state index contributed by atoms with van der Waals surface area (Å²) in [4.78, 5) is 12.5. The molecule has 1 aliphatic rings. The van der Waals surface area contributed by atoms with Crippen molar-refractivity contribution in [2.75, 3.05) is 6.61 Å². The van der Waals surface area contributed by atoms with Crippen LogP contribution in [0.15, 0.2) is 46.9 Å². The van der Waals surface area contributed by atoms with Crippen LogP contribution in [-0.2, 0) is 6.42 Å². The van der Waals surface area contributed by atoms with Gasteiger partial charge in [0.2, 0.25) is 0 Å². The number of carbonyl (C=O) groups is 1. The number of ether oxygens (including phenoxy) is 1. The second-order valence-electron chi connectivity index (χ2n) is 4.90. The first kappa shape index (κ1) is 13.4. The molecule has 0 radical (unpaired) electrons. The fourth-order valence-corrected chi connectivity index (χ4v) is 3.11. The summed E-state index contributed by atoms with van der Waals surface area (Å²) in [5.74, 6) is 0.974. The zero-order valence-electron chi connectivity index (χ0n) is 11.2. The molecule has 0 aromatic heterocycles. The molecule has 0 fully saturated rings. The Morgan fingerprint density at radius 1 is 1.30 bits per heavy atom. The van der Waals surface area contributed by atoms with E-state index in [1.165, 1.54) is 11.1 Å². The highest BCUT2D eigenvalue weighted by Gasteiger charge is 2.32. The quantitative estimate of drug-likeness (QED) is 0.778. The van der Waals surface area contributed by atoms with E-state index in [0.29, 0.717) is 6.61 Å². The van der Waals surface area contributed by atoms with Gasteiger partial charge >= 0.3 is 0 Å². The van der Waals surface area contributed by atoms with E-state index in [4.69, 9.17) is 4.74 Å². The van der Waals surface area contributed by atoms with Gasteiger partial charge in [-0.25, -0.2) is 0 Å². The highest BCUT2D eigenvalue weighted by Crippen LogP contribution is 2.38. The maximum Gasteiger partial charge on any atom is 0.170 e. The first-order chi connectivity index (χ1) is 9.70. The molecule has 1 atom stereocenters. The lowest BCUT2D eigenvalue weighted by Gasteiger charge is -2.28. The average Bonchev–Trinajstić information content (AvgIpc) is 2.42. The van der Waals surface area contributed by atoms with E-state index in [1.54, 1.807) is 0 Å². The summed E-state index contributed by atoms with van der Waals surface area (Å²) < 4.78 is 6.30. The molecule has 0 saturated heterocycles. The van der Waals surface area contributed by atoms with Gasteiger partial charge in [-0.1, -0.05) is 24.3 Å². The third kappa shape index (κ3) is 2.27. The van der Waals surface area contributed by atoms with Crippen LogP contribution in [0.2, 0.25) is 0 Å². The summed E-state index contributed by atoms with van der Waals surface area (Å²) in [6.07, 6.45) is 0.847. The molecule has 102 valence electrons. The van der Waals surface area contributed by atoms with Crippen molar-refractivity contribution in [3.05, 3.63) is 63.6 Å². The van der Waals surface area contributed by atoms with Gasteiger partial charge in [-0.3, -0.25) is 4.79 Å². The lowest BCUT2D eigenvalue weighted by Crippen LogP contribution is -2.25. The minimum absolute atomic E-state index is 0.0102. The van der Waals surface area contributed by atoms with Crippen LogP contribution in [0.4, 0.5) is 0 Å². The van der Waals surface area contributed by atoms with Gasteiger partial charge < -0.3 is 4.74 Å². The Hall–Kier alpha value is -1.61. The second-order valence-corrected chi connectivity index (χ2v) is 5.75. The fourth-order valence-electron chi connectivity index (χ4n) is 2.62. The number of hydrogen-bond donors (Lipinski definition) is 0. The van der Waals surface area contributed by atoms with Gasteiger partial charge in [0, 0.05) is 5.56 Å². The van der Waals surface area contributed by atoms with Crippen LogP contribution >= 0.6 is 15.9 Å². The third-order valence-electron chi connectivity index (χ3n) is 3.69. The van der Waals surface area contributed by atoms with Crippen molar-refractivity contribution in [2.24, 2.45) is 0 Å². The molecule has 0 amide bonds. The number of hydrogen-bond acceptors (Lipinski definition) is 2. The van der Waals surface area contributed by atoms with E-state index in [1.807, 2.05) is 43.3 Å². The van der Waals surface area contributed by atoms with Crippen LogP contribution in [0.5, 0.6) is 5.75 Å². The smallest absolute Gasteiger partial charge is 0.170 e. The Balaban J connectivity index is 1.84. The summed E-state index contributed by atoms with van der Waals surface area (Å²) in [5.41, 5.74) is 3.19. The summed E-state index contributed by atoms with van der Waals surface area (Å²) in [6.45, 7) is 2.55. The third-order valence-corrected chi connectivity index (χ3v) is 4.31. The van der Waals surface area contributed by atoms with Crippen LogP contribution in [0, 0.1) is 0 Å². The molecule has 0 bridgehead atoms. The van der Waals surface area contributed by atoms with Gasteiger partial charge in [-0.15, -0.1) is 0 Å². The molecule has 2 aromatic carbocycles. The van der Waals surface area contributed by atoms with Crippen molar-refractivity contribution in [1.82, 2.24) is 0 Å². The first-order valence-electron chi connectivity index (χ1n) is 6.75. The van der Waals surface area contributed by atoms with Gasteiger partial charge in [-0.2, -0.15) is 0 Å². The first-order valence-corrected chi connectivity index (χ1v) is 7.54. The van der Waals surface area contributed by atoms with Crippen LogP contribution < -0.4 is 4.74 Å². The number of ketones is 1. The maximum absolute atomic E-state index is 12.5. The summed E-state index contributed by atoms with van der Waals surface area (Å²) in [5, 5.41) is 0. The molecule has 0 saturated carbocycles. The van der Waals surface area contributed by atoms with E-state index < -0.39 is 0 Å². The standard InChI is InChI=1S/C17H15BrO2/c1-2-20-16-8-7-12(10-15(16)18)17(19)14-9-11-5-3-4-6-13(11)14/h3-8,10,14H,2,9H2,1H3. The number of halogens is 1. The van der Waals surface area contributed by atoms with Gasteiger partial charge in [0.25, 0.3) is 0 Å². The molecule has 0 spiro atoms. The van der Waals surface area contributed by atoms with E-state index >= 15 is 0 Å². The van der Waals surface area contributed by atoms with Gasteiger partial charge in [-0.05, 0) is 58.6 Å². The van der Waals surface area contributed by atoms with Gasteiger partial charge in [0.1, 0.15) is 5.75 Å². The van der Waals surface area contributed by atoms with Crippen LogP contribution in [0.25, 0.3) is 0 Å². The molecule has 0 heterocycles. The molecule has 20 heavy (non-hydrogen) atoms. The molecule has 1 aliphatic carbocycles. The van der Waals surface area contributed by atoms with Crippen LogP contribution in [0.1, 0.15) is 34.3 Å². The maximum atomic E-state index is 12.5. The van der Waals surface area contributed by atoms with Crippen molar-refractivity contribution in [1.29, 1.82) is 0 Å². The second kappa shape index (κ2) is 5.41. The van der Waals surface area contributed by atoms with Crippen molar-refractivity contribution < 1.29 is 9.53 Å². The largest absolute Gasteiger partial charge is 0.493 e. The topological polar surface area (TPSA) is 26.3 Å². The normalized spacial score (nSPS) is 16.2. The van der Waals surface area contributed by atoms with E-state index in [9.17, 15) is 4.79 Å². The molecule has 3 heteroatoms. The summed E-state index contributed by atoms with van der Waals surface area (Å²) in [7, 11) is 0. The molecular formula is C17H15BrO2. The molecular weight excluding hydrogens is 316 g/mol. The molecule has 0 aliphatic heterocycles. The molecule has 2 aromatic rings. The van der Waals surface area contributed by atoms with Crippen LogP contribution in [0.3, 0.4) is 0 Å². The fraction of sp³-hybridized carbons (Fsp3) is 0.235. The molecule has 3 rings (SSSR count). The van der Waals surface area contributed by atoms with E-state index in [0.717, 1.165) is 22.2 Å². The Morgan fingerprint density at radius 2 is 2.10 bits per heavy atom. The Bertz CT molecular complexity index is 664. The summed E-state index contributed by atoms with van der Waals surface area (Å²) in [6, 6.07) is 13.7. The Kier molecular flexibility index (Phi) is 3.62. The van der Waals surface area contributed by atoms with Crippen molar-refractivity contribution in [3.8, 4) is 5.75 Å². The number of fused-ring (bicyclic) bond motifs is 1. The van der Waals surface area contributed by atoms with Crippen molar-refractivity contribution in [3.63, 3.8) is 0 Å². The van der Waals surface area contributed by atoms with Gasteiger partial charge in [0.05, 0.1) is 17.0 Å². The zero-order valence-corrected chi connectivity index (χ0v) is 12.8. The minimum Gasteiger partial charge on any atom is -0.493 e. The average molecular weight is 331 g/mol. The number of benzene rings is 2. The molecule has 1 unspecified atom stereocenters. The highest BCUT2D eigenvalue weighted by molar-refractivity contribution is 9.10. The van der Waals surface area contributed by atoms with E-state index in [2.05, 4.69) is 22.0 Å². The van der Waals surface area contributed by atoms with Crippen molar-refractivity contribution >= 4 is 21.7 Å². The number of Topliss-reactive ketones (excluding diaryl/α,β-unsaturated/α-hetero) is 1. The molecule has 0 N–H and O–H groups in total. The minimum atomic E-state index is 0.0102. The van der Waals surface area contributed by atoms with Crippen LogP contribution in [-0.4, -0.2) is 12.4 Å². The monoisotopic (exact) mass is 330 g/mol. The predicted molar refractivity (Wildman–Crippen MR) is 82.5 cm³/mol. The lowest BCUT2D eigenvalue weighted by molar-refractivity contribution is 0.0949. The van der Waals surface area contributed by atoms with Gasteiger partial charge in [0.15, 0.2) is 5.78 Å². The Labute approximate surface area is 126 Å². The number of rotatable bonds is 4. The van der Waals surface area contributed by atoms with E-state index in [-0.39, 0.29) is 11.7 Å². The summed E-state index contributed by atoms with van der Waals surface area (Å²) >= 11 is 3.46. The number of carbonyl (C=O) groups excluding carboxylic acids is 1. The zero-order chi connectivity index (χ0) is 14.1. The SMILES string of the molecule is CCOc1ccc(C(=O)C2Cc3ccccc32)cc1Br. The Morgan fingerprint density at radius 3 is 2.80 bits per heavy atom. The molecule has 2 nitrogen and oxygen atoms in total. The predicted octanol–water partition coefficient (Wildman–Crippen LogP) is 4.37. The highest BCUT2D eigenvalue weighted by atomic mass is 79.9.